The Kier molecular flexibility index (Phi) is 6.98. The summed E-state index contributed by atoms with van der Waals surface area (Å²) < 4.78 is 5.25. The Hall–Kier alpha value is -2.93. The van der Waals surface area contributed by atoms with Crippen LogP contribution in [0.2, 0.25) is 0 Å². The van der Waals surface area contributed by atoms with Gasteiger partial charge >= 0.3 is 6.03 Å². The molecule has 2 aliphatic heterocycles. The quantitative estimate of drug-likeness (QED) is 0.575. The predicted octanol–water partition coefficient (Wildman–Crippen LogP) is 3.59. The van der Waals surface area contributed by atoms with Crippen molar-refractivity contribution in [3.8, 4) is 5.75 Å². The molecule has 1 aromatic heterocycles. The first kappa shape index (κ1) is 23.2. The molecule has 0 radical (unpaired) electrons. The lowest BCUT2D eigenvalue weighted by atomic mass is 9.85. The van der Waals surface area contributed by atoms with E-state index in [1.165, 1.54) is 10.5 Å². The number of imide groups is 1. The van der Waals surface area contributed by atoms with Crippen LogP contribution < -0.4 is 4.74 Å². The minimum atomic E-state index is -0.729. The zero-order valence-corrected chi connectivity index (χ0v) is 19.9. The molecule has 2 saturated heterocycles. The van der Waals surface area contributed by atoms with Crippen molar-refractivity contribution in [2.24, 2.45) is 5.92 Å². The van der Waals surface area contributed by atoms with Crippen LogP contribution in [0.5, 0.6) is 5.75 Å². The molecule has 7 nitrogen and oxygen atoms in total. The number of methoxy groups -OCH3 is 1. The summed E-state index contributed by atoms with van der Waals surface area (Å²) in [4.78, 5) is 36.8. The fraction of sp³-hybridized carbons (Fsp3) is 0.500. The molecule has 0 bridgehead atoms. The third kappa shape index (κ3) is 4.88. The minimum absolute atomic E-state index is 0.0144. The van der Waals surface area contributed by atoms with Crippen molar-refractivity contribution < 1.29 is 14.3 Å². The normalized spacial score (nSPS) is 18.5. The zero-order chi connectivity index (χ0) is 23.4. The van der Waals surface area contributed by atoms with Crippen molar-refractivity contribution in [3.63, 3.8) is 0 Å². The fourth-order valence-electron chi connectivity index (χ4n) is 4.96. The number of likely N-dealkylation sites (tertiary alicyclic amines) is 1. The Morgan fingerprint density at radius 2 is 1.67 bits per heavy atom. The highest BCUT2D eigenvalue weighted by atomic mass is 16.5. The predicted molar refractivity (Wildman–Crippen MR) is 127 cm³/mol. The van der Waals surface area contributed by atoms with Gasteiger partial charge in [-0.1, -0.05) is 26.0 Å². The van der Waals surface area contributed by atoms with Crippen molar-refractivity contribution in [2.75, 3.05) is 33.3 Å². The molecular formula is C26H34N4O3. The second-order valence-corrected chi connectivity index (χ2v) is 9.51. The second kappa shape index (κ2) is 9.91. The monoisotopic (exact) mass is 450 g/mol. The molecule has 0 saturated carbocycles. The number of carbonyl (C=O) groups is 2. The first-order valence-electron chi connectivity index (χ1n) is 11.8. The standard InChI is InChI=1S/C26H34N4O3/c1-20(2)18-29-24(31)26(11-16-28(17-12-26)19-22-8-13-27-14-9-22)30(25(29)32)15-10-21-4-6-23(33-3)7-5-21/h4-9,13-14,20H,10-12,15-19H2,1-3H3. The number of aromatic nitrogens is 1. The Balaban J connectivity index is 1.49. The van der Waals surface area contributed by atoms with Crippen LogP contribution in [0, 0.1) is 5.92 Å². The van der Waals surface area contributed by atoms with E-state index in [-0.39, 0.29) is 17.9 Å². The molecular weight excluding hydrogens is 416 g/mol. The molecule has 176 valence electrons. The molecule has 2 fully saturated rings. The third-order valence-corrected chi connectivity index (χ3v) is 6.79. The highest BCUT2D eigenvalue weighted by molar-refractivity contribution is 6.07. The van der Waals surface area contributed by atoms with Crippen molar-refractivity contribution in [1.82, 2.24) is 19.7 Å². The maximum Gasteiger partial charge on any atom is 0.327 e. The van der Waals surface area contributed by atoms with E-state index < -0.39 is 5.54 Å². The molecule has 4 rings (SSSR count). The maximum atomic E-state index is 13.6. The van der Waals surface area contributed by atoms with Gasteiger partial charge in [0.05, 0.1) is 7.11 Å². The van der Waals surface area contributed by atoms with E-state index in [0.29, 0.717) is 32.4 Å². The summed E-state index contributed by atoms with van der Waals surface area (Å²) in [5.41, 5.74) is 1.61. The molecule has 0 N–H and O–H groups in total. The lowest BCUT2D eigenvalue weighted by Gasteiger charge is -2.42. The van der Waals surface area contributed by atoms with E-state index in [0.717, 1.165) is 30.9 Å². The van der Waals surface area contributed by atoms with Crippen LogP contribution in [0.15, 0.2) is 48.8 Å². The summed E-state index contributed by atoms with van der Waals surface area (Å²) in [6.07, 6.45) is 5.66. The summed E-state index contributed by atoms with van der Waals surface area (Å²) >= 11 is 0. The lowest BCUT2D eigenvalue weighted by Crippen LogP contribution is -2.56. The minimum Gasteiger partial charge on any atom is -0.497 e. The summed E-state index contributed by atoms with van der Waals surface area (Å²) in [6.45, 7) is 7.51. The second-order valence-electron chi connectivity index (χ2n) is 9.51. The molecule has 2 aliphatic rings. The molecule has 7 heteroatoms. The Morgan fingerprint density at radius 1 is 1.00 bits per heavy atom. The first-order chi connectivity index (χ1) is 15.9. The van der Waals surface area contributed by atoms with Gasteiger partial charge in [0.25, 0.3) is 5.91 Å². The van der Waals surface area contributed by atoms with Gasteiger partial charge in [-0.15, -0.1) is 0 Å². The average Bonchev–Trinajstić information content (AvgIpc) is 3.01. The van der Waals surface area contributed by atoms with Crippen LogP contribution >= 0.6 is 0 Å². The number of piperidine rings is 1. The summed E-state index contributed by atoms with van der Waals surface area (Å²) in [5, 5.41) is 0. The van der Waals surface area contributed by atoms with E-state index in [9.17, 15) is 9.59 Å². The van der Waals surface area contributed by atoms with Crippen LogP contribution in [0.25, 0.3) is 0 Å². The average molecular weight is 451 g/mol. The Bertz CT molecular complexity index is 953. The number of nitrogens with zero attached hydrogens (tertiary/aromatic N) is 4. The SMILES string of the molecule is COc1ccc(CCN2C(=O)N(CC(C)C)C(=O)C23CCN(Cc2ccncc2)CC3)cc1. The Labute approximate surface area is 196 Å². The first-order valence-corrected chi connectivity index (χ1v) is 11.8. The van der Waals surface area contributed by atoms with Gasteiger partial charge in [-0.25, -0.2) is 4.79 Å². The number of hydrogen-bond donors (Lipinski definition) is 0. The van der Waals surface area contributed by atoms with Crippen molar-refractivity contribution in [3.05, 3.63) is 59.9 Å². The van der Waals surface area contributed by atoms with Gasteiger partial charge < -0.3 is 9.64 Å². The summed E-state index contributed by atoms with van der Waals surface area (Å²) in [5.74, 6) is 1.04. The van der Waals surface area contributed by atoms with Gasteiger partial charge in [-0.2, -0.15) is 0 Å². The van der Waals surface area contributed by atoms with Gasteiger partial charge in [-0.3, -0.25) is 19.6 Å². The van der Waals surface area contributed by atoms with E-state index in [4.69, 9.17) is 4.74 Å². The number of amides is 3. The van der Waals surface area contributed by atoms with Crippen LogP contribution in [-0.2, 0) is 17.8 Å². The maximum absolute atomic E-state index is 13.6. The molecule has 0 unspecified atom stereocenters. The van der Waals surface area contributed by atoms with Crippen molar-refractivity contribution >= 4 is 11.9 Å². The lowest BCUT2D eigenvalue weighted by molar-refractivity contribution is -0.136. The number of carbonyl (C=O) groups excluding carboxylic acids is 2. The zero-order valence-electron chi connectivity index (χ0n) is 19.9. The van der Waals surface area contributed by atoms with Crippen LogP contribution in [0.3, 0.4) is 0 Å². The van der Waals surface area contributed by atoms with Gasteiger partial charge in [0.1, 0.15) is 11.3 Å². The molecule has 33 heavy (non-hydrogen) atoms. The number of pyridine rings is 1. The smallest absolute Gasteiger partial charge is 0.327 e. The molecule has 1 spiro atoms. The van der Waals surface area contributed by atoms with E-state index in [1.54, 1.807) is 7.11 Å². The van der Waals surface area contributed by atoms with Gasteiger partial charge in [0.2, 0.25) is 0 Å². The highest BCUT2D eigenvalue weighted by Gasteiger charge is 2.57. The number of rotatable bonds is 8. The van der Waals surface area contributed by atoms with Gasteiger partial charge in [-0.05, 0) is 60.6 Å². The van der Waals surface area contributed by atoms with Crippen molar-refractivity contribution in [1.29, 1.82) is 0 Å². The van der Waals surface area contributed by atoms with E-state index in [1.807, 2.05) is 67.5 Å². The fourth-order valence-corrected chi connectivity index (χ4v) is 4.96. The summed E-state index contributed by atoms with van der Waals surface area (Å²) in [7, 11) is 1.65. The molecule has 1 aromatic carbocycles. The number of hydrogen-bond acceptors (Lipinski definition) is 5. The largest absolute Gasteiger partial charge is 0.497 e. The molecule has 2 aromatic rings. The highest BCUT2D eigenvalue weighted by Crippen LogP contribution is 2.38. The number of ether oxygens (including phenoxy) is 1. The van der Waals surface area contributed by atoms with Crippen LogP contribution in [0.1, 0.15) is 37.8 Å². The molecule has 3 heterocycles. The molecule has 3 amide bonds. The van der Waals surface area contributed by atoms with Gasteiger partial charge in [0, 0.05) is 45.1 Å². The van der Waals surface area contributed by atoms with Crippen LogP contribution in [0.4, 0.5) is 4.79 Å². The van der Waals surface area contributed by atoms with Gasteiger partial charge in [0.15, 0.2) is 0 Å². The topological polar surface area (TPSA) is 66.0 Å². The molecule has 0 aliphatic carbocycles. The third-order valence-electron chi connectivity index (χ3n) is 6.79. The van der Waals surface area contributed by atoms with Crippen LogP contribution in [-0.4, -0.2) is 70.4 Å². The van der Waals surface area contributed by atoms with E-state index >= 15 is 0 Å². The molecule has 0 atom stereocenters. The number of benzene rings is 1. The summed E-state index contributed by atoms with van der Waals surface area (Å²) in [6, 6.07) is 11.8. The van der Waals surface area contributed by atoms with Crippen molar-refractivity contribution in [2.45, 2.75) is 45.2 Å². The van der Waals surface area contributed by atoms with E-state index in [2.05, 4.69) is 9.88 Å². The Morgan fingerprint density at radius 3 is 2.27 bits per heavy atom. The number of urea groups is 1.